The van der Waals surface area contributed by atoms with E-state index in [-0.39, 0.29) is 6.61 Å². The lowest BCUT2D eigenvalue weighted by Gasteiger charge is -2.17. The molecule has 1 aromatic carbocycles. The zero-order valence-electron chi connectivity index (χ0n) is 10.4. The number of rotatable bonds is 4. The van der Waals surface area contributed by atoms with Gasteiger partial charge in [0.15, 0.2) is 0 Å². The molecule has 0 radical (unpaired) electrons. The van der Waals surface area contributed by atoms with Gasteiger partial charge in [-0.2, -0.15) is 5.26 Å². The van der Waals surface area contributed by atoms with Gasteiger partial charge in [0.25, 0.3) is 0 Å². The molecule has 0 aromatic heterocycles. The highest BCUT2D eigenvalue weighted by molar-refractivity contribution is 8.03. The minimum absolute atomic E-state index is 0.104. The van der Waals surface area contributed by atoms with Crippen LogP contribution in [0.1, 0.15) is 28.7 Å². The summed E-state index contributed by atoms with van der Waals surface area (Å²) in [6.07, 6.45) is 1.25. The van der Waals surface area contributed by atoms with Crippen LogP contribution in [-0.4, -0.2) is 16.8 Å². The van der Waals surface area contributed by atoms with E-state index in [1.54, 1.807) is 0 Å². The van der Waals surface area contributed by atoms with Crippen LogP contribution in [0, 0.1) is 31.4 Å². The smallest absolute Gasteiger partial charge is 0.138 e. The molecule has 0 bridgehead atoms. The summed E-state index contributed by atoms with van der Waals surface area (Å²) < 4.78 is 0. The van der Waals surface area contributed by atoms with Crippen molar-refractivity contribution in [1.29, 1.82) is 5.26 Å². The normalized spacial score (nSPS) is 10.3. The highest BCUT2D eigenvalue weighted by atomic mass is 32.2. The van der Waals surface area contributed by atoms with Crippen molar-refractivity contribution in [2.24, 2.45) is 0 Å². The maximum absolute atomic E-state index is 10.1. The van der Waals surface area contributed by atoms with Gasteiger partial charge in [-0.1, -0.05) is 0 Å². The van der Waals surface area contributed by atoms with Gasteiger partial charge in [-0.3, -0.25) is 0 Å². The Kier molecular flexibility index (Phi) is 4.86. The van der Waals surface area contributed by atoms with Crippen molar-refractivity contribution < 1.29 is 10.2 Å². The number of aromatic hydroxyl groups is 1. The fourth-order valence-electron chi connectivity index (χ4n) is 1.93. The Bertz CT molecular complexity index is 464. The van der Waals surface area contributed by atoms with Crippen LogP contribution in [0.25, 0.3) is 0 Å². The quantitative estimate of drug-likeness (QED) is 0.638. The van der Waals surface area contributed by atoms with E-state index < -0.39 is 0 Å². The van der Waals surface area contributed by atoms with Crippen molar-refractivity contribution in [3.8, 4) is 11.2 Å². The second-order valence-corrected chi connectivity index (χ2v) is 4.85. The van der Waals surface area contributed by atoms with Gasteiger partial charge in [-0.15, -0.1) is 0 Å². The fourth-order valence-corrected chi connectivity index (χ4v) is 2.60. The summed E-state index contributed by atoms with van der Waals surface area (Å²) >= 11 is 1.13. The standard InChI is InChI=1S/C13H17NO2S/c1-8-9(2)13(17-7-14)10(3)11(12(8)16)5-4-6-15/h15-16H,4-6H2,1-3H3. The van der Waals surface area contributed by atoms with E-state index in [0.717, 1.165) is 38.9 Å². The molecule has 0 unspecified atom stereocenters. The van der Waals surface area contributed by atoms with E-state index in [4.69, 9.17) is 10.4 Å². The molecule has 2 N–H and O–H groups in total. The molecule has 0 atom stereocenters. The maximum Gasteiger partial charge on any atom is 0.138 e. The van der Waals surface area contributed by atoms with Crippen molar-refractivity contribution >= 4 is 11.8 Å². The third-order valence-corrected chi connectivity index (χ3v) is 3.98. The number of benzene rings is 1. The summed E-state index contributed by atoms with van der Waals surface area (Å²) in [5.74, 6) is 0.302. The number of aliphatic hydroxyl groups is 1. The molecule has 1 rings (SSSR count). The van der Waals surface area contributed by atoms with Gasteiger partial charge >= 0.3 is 0 Å². The largest absolute Gasteiger partial charge is 0.507 e. The summed E-state index contributed by atoms with van der Waals surface area (Å²) in [6.45, 7) is 5.79. The van der Waals surface area contributed by atoms with Gasteiger partial charge < -0.3 is 10.2 Å². The number of thioether (sulfide) groups is 1. The Morgan fingerprint density at radius 1 is 1.18 bits per heavy atom. The van der Waals surface area contributed by atoms with Gasteiger partial charge in [-0.25, -0.2) is 0 Å². The predicted molar refractivity (Wildman–Crippen MR) is 69.2 cm³/mol. The van der Waals surface area contributed by atoms with Gasteiger partial charge in [0.1, 0.15) is 11.2 Å². The van der Waals surface area contributed by atoms with Crippen LogP contribution >= 0.6 is 11.8 Å². The van der Waals surface area contributed by atoms with Crippen LogP contribution in [0.15, 0.2) is 4.90 Å². The van der Waals surface area contributed by atoms with Crippen molar-refractivity contribution in [2.45, 2.75) is 38.5 Å². The zero-order chi connectivity index (χ0) is 13.0. The molecule has 0 amide bonds. The second-order valence-electron chi connectivity index (χ2n) is 4.05. The van der Waals surface area contributed by atoms with E-state index in [2.05, 4.69) is 5.40 Å². The van der Waals surface area contributed by atoms with Gasteiger partial charge in [0.05, 0.1) is 0 Å². The van der Waals surface area contributed by atoms with Crippen molar-refractivity contribution in [3.63, 3.8) is 0 Å². The van der Waals surface area contributed by atoms with Crippen LogP contribution in [0.3, 0.4) is 0 Å². The van der Waals surface area contributed by atoms with Crippen molar-refractivity contribution in [1.82, 2.24) is 0 Å². The SMILES string of the molecule is Cc1c(C)c(SC#N)c(C)c(CCCO)c1O. The van der Waals surface area contributed by atoms with Crippen molar-refractivity contribution in [3.05, 3.63) is 22.3 Å². The highest BCUT2D eigenvalue weighted by Crippen LogP contribution is 2.37. The summed E-state index contributed by atoms with van der Waals surface area (Å²) in [5, 5.41) is 29.9. The molecular weight excluding hydrogens is 234 g/mol. The summed E-state index contributed by atoms with van der Waals surface area (Å²) in [6, 6.07) is 0. The summed E-state index contributed by atoms with van der Waals surface area (Å²) in [4.78, 5) is 0.927. The zero-order valence-corrected chi connectivity index (χ0v) is 11.2. The Morgan fingerprint density at radius 2 is 1.82 bits per heavy atom. The summed E-state index contributed by atoms with van der Waals surface area (Å²) in [7, 11) is 0. The molecule has 0 saturated carbocycles. The first-order chi connectivity index (χ1) is 8.04. The molecule has 0 aliphatic carbocycles. The van der Waals surface area contributed by atoms with Gasteiger partial charge in [-0.05, 0) is 67.6 Å². The van der Waals surface area contributed by atoms with Crippen LogP contribution in [-0.2, 0) is 6.42 Å². The first kappa shape index (κ1) is 13.9. The Balaban J connectivity index is 3.34. The molecule has 0 saturated heterocycles. The molecule has 4 heteroatoms. The topological polar surface area (TPSA) is 64.2 Å². The minimum atomic E-state index is 0.104. The van der Waals surface area contributed by atoms with E-state index in [1.165, 1.54) is 0 Å². The monoisotopic (exact) mass is 251 g/mol. The first-order valence-corrected chi connectivity index (χ1v) is 6.34. The molecule has 0 heterocycles. The Morgan fingerprint density at radius 3 is 2.35 bits per heavy atom. The number of nitriles is 1. The molecule has 0 fully saturated rings. The van der Waals surface area contributed by atoms with E-state index in [0.29, 0.717) is 18.6 Å². The maximum atomic E-state index is 10.1. The summed E-state index contributed by atoms with van der Waals surface area (Å²) in [5.41, 5.74) is 3.58. The molecule has 0 aliphatic heterocycles. The third-order valence-electron chi connectivity index (χ3n) is 3.07. The van der Waals surface area contributed by atoms with Gasteiger partial charge in [0.2, 0.25) is 0 Å². The molecular formula is C13H17NO2S. The van der Waals surface area contributed by atoms with E-state index in [9.17, 15) is 5.11 Å². The second kappa shape index (κ2) is 5.95. The molecule has 0 spiro atoms. The molecule has 92 valence electrons. The average Bonchev–Trinajstić information content (AvgIpc) is 2.32. The Hall–Kier alpha value is -1.18. The number of thiocyanates is 1. The lowest BCUT2D eigenvalue weighted by molar-refractivity contribution is 0.288. The lowest BCUT2D eigenvalue weighted by Crippen LogP contribution is -2.00. The van der Waals surface area contributed by atoms with E-state index in [1.807, 2.05) is 20.8 Å². The lowest BCUT2D eigenvalue weighted by atomic mass is 9.96. The molecule has 3 nitrogen and oxygen atoms in total. The van der Waals surface area contributed by atoms with Crippen LogP contribution < -0.4 is 0 Å². The highest BCUT2D eigenvalue weighted by Gasteiger charge is 2.16. The van der Waals surface area contributed by atoms with Crippen LogP contribution in [0.4, 0.5) is 0 Å². The van der Waals surface area contributed by atoms with Crippen molar-refractivity contribution in [2.75, 3.05) is 6.61 Å². The molecule has 0 aliphatic rings. The average molecular weight is 251 g/mol. The van der Waals surface area contributed by atoms with Crippen LogP contribution in [0.5, 0.6) is 5.75 Å². The van der Waals surface area contributed by atoms with Gasteiger partial charge in [0, 0.05) is 11.5 Å². The number of aliphatic hydroxyl groups excluding tert-OH is 1. The molecule has 17 heavy (non-hydrogen) atoms. The minimum Gasteiger partial charge on any atom is -0.507 e. The molecule has 1 aromatic rings. The number of phenols is 1. The van der Waals surface area contributed by atoms with E-state index >= 15 is 0 Å². The predicted octanol–water partition coefficient (Wildman–Crippen LogP) is 2.82. The fraction of sp³-hybridized carbons (Fsp3) is 0.462. The number of phenolic OH excluding ortho intramolecular Hbond substituents is 1. The Labute approximate surface area is 106 Å². The third kappa shape index (κ3) is 2.74. The number of hydrogen-bond donors (Lipinski definition) is 2. The first-order valence-electron chi connectivity index (χ1n) is 5.53. The number of hydrogen-bond acceptors (Lipinski definition) is 4. The number of nitrogens with zero attached hydrogens (tertiary/aromatic N) is 1. The van der Waals surface area contributed by atoms with Crippen LogP contribution in [0.2, 0.25) is 0 Å².